The molecule has 0 spiro atoms. The van der Waals surface area contributed by atoms with Crippen LogP contribution in [0.4, 0.5) is 13.2 Å². The van der Waals surface area contributed by atoms with Crippen LogP contribution in [0.1, 0.15) is 44.4 Å². The van der Waals surface area contributed by atoms with E-state index in [1.165, 1.54) is 18.1 Å². The van der Waals surface area contributed by atoms with E-state index >= 15 is 0 Å². The second kappa shape index (κ2) is 11.8. The van der Waals surface area contributed by atoms with Crippen molar-refractivity contribution in [2.45, 2.75) is 46.8 Å². The number of carbonyl (C=O) groups is 1. The van der Waals surface area contributed by atoms with Gasteiger partial charge in [-0.05, 0) is 53.3 Å². The van der Waals surface area contributed by atoms with E-state index in [1.54, 1.807) is 18.2 Å². The van der Waals surface area contributed by atoms with Crippen LogP contribution in [0.25, 0.3) is 11.1 Å². The number of carboxylic acids is 1. The summed E-state index contributed by atoms with van der Waals surface area (Å²) < 4.78 is 46.2. The van der Waals surface area contributed by atoms with Crippen molar-refractivity contribution in [3.63, 3.8) is 0 Å². The van der Waals surface area contributed by atoms with Gasteiger partial charge in [0.1, 0.15) is 5.75 Å². The highest BCUT2D eigenvalue weighted by Gasteiger charge is 2.32. The minimum atomic E-state index is -4.59. The van der Waals surface area contributed by atoms with Gasteiger partial charge in [0.2, 0.25) is 5.96 Å². The summed E-state index contributed by atoms with van der Waals surface area (Å²) in [7, 11) is 1.42. The molecule has 7 nitrogen and oxygen atoms in total. The molecule has 0 saturated carbocycles. The molecule has 10 heteroatoms. The normalized spacial score (nSPS) is 12.1. The number of guanidine groups is 1. The van der Waals surface area contributed by atoms with Gasteiger partial charge in [-0.2, -0.15) is 18.4 Å². The molecule has 2 aromatic carbocycles. The Balaban J connectivity index is 2.67. The monoisotopic (exact) mass is 504 g/mol. The fourth-order valence-corrected chi connectivity index (χ4v) is 3.45. The lowest BCUT2D eigenvalue weighted by Crippen LogP contribution is -2.39. The summed E-state index contributed by atoms with van der Waals surface area (Å²) in [6, 6.07) is 8.01. The third-order valence-electron chi connectivity index (χ3n) is 5.08. The Morgan fingerprint density at radius 2 is 1.86 bits per heavy atom. The minimum absolute atomic E-state index is 0.166. The van der Waals surface area contributed by atoms with Gasteiger partial charge in [-0.1, -0.05) is 32.9 Å². The van der Waals surface area contributed by atoms with Crippen molar-refractivity contribution in [1.29, 1.82) is 5.26 Å². The Labute approximate surface area is 209 Å². The van der Waals surface area contributed by atoms with Gasteiger partial charge in [-0.15, -0.1) is 0 Å². The highest BCUT2D eigenvalue weighted by molar-refractivity contribution is 5.82. The largest absolute Gasteiger partial charge is 0.496 e. The molecule has 0 radical (unpaired) electrons. The topological polar surface area (TPSA) is 98.0 Å². The first-order chi connectivity index (χ1) is 16.8. The van der Waals surface area contributed by atoms with Crippen LogP contribution >= 0.6 is 0 Å². The first-order valence-corrected chi connectivity index (χ1v) is 11.3. The van der Waals surface area contributed by atoms with Crippen molar-refractivity contribution >= 4 is 11.9 Å². The van der Waals surface area contributed by atoms with Crippen LogP contribution in [0.15, 0.2) is 41.4 Å². The lowest BCUT2D eigenvalue weighted by atomic mass is 9.94. The third kappa shape index (κ3) is 7.90. The molecule has 2 N–H and O–H groups in total. The number of nitrogens with one attached hydrogen (secondary N) is 1. The number of hydrogen-bond donors (Lipinski definition) is 2. The van der Waals surface area contributed by atoms with Gasteiger partial charge >= 0.3 is 12.1 Å². The maximum Gasteiger partial charge on any atom is 0.416 e. The average molecular weight is 505 g/mol. The molecule has 2 rings (SSSR count). The van der Waals surface area contributed by atoms with E-state index in [2.05, 4.69) is 10.3 Å². The number of rotatable bonds is 8. The zero-order chi connectivity index (χ0) is 27.1. The fourth-order valence-electron chi connectivity index (χ4n) is 3.45. The fraction of sp³-hybridized carbons (Fsp3) is 0.423. The summed E-state index contributed by atoms with van der Waals surface area (Å²) in [5.74, 6) is -0.424. The summed E-state index contributed by atoms with van der Waals surface area (Å²) in [5.41, 5.74) is 0.450. The van der Waals surface area contributed by atoms with E-state index in [0.717, 1.165) is 12.1 Å². The van der Waals surface area contributed by atoms with Gasteiger partial charge in [0.05, 0.1) is 25.6 Å². The number of methoxy groups -OCH3 is 1. The van der Waals surface area contributed by atoms with Crippen LogP contribution in [-0.2, 0) is 23.9 Å². The van der Waals surface area contributed by atoms with Crippen molar-refractivity contribution in [3.05, 3.63) is 53.1 Å². The van der Waals surface area contributed by atoms with Crippen LogP contribution < -0.4 is 10.1 Å². The Kier molecular flexibility index (Phi) is 9.34. The number of nitrogens with zero attached hydrogens (tertiary/aromatic N) is 3. The molecule has 36 heavy (non-hydrogen) atoms. The molecule has 0 fully saturated rings. The van der Waals surface area contributed by atoms with Gasteiger partial charge in [0.15, 0.2) is 6.19 Å². The van der Waals surface area contributed by atoms with Crippen molar-refractivity contribution in [3.8, 4) is 23.1 Å². The SMILES string of the molecule is CCNC(=NCC(C)(C)C)N(C#N)Cc1cc(C(F)(F)F)ccc1-c1cc(CC(=O)O)ccc1OC. The average Bonchev–Trinajstić information content (AvgIpc) is 2.78. The van der Waals surface area contributed by atoms with Crippen LogP contribution in [0.2, 0.25) is 0 Å². The number of nitriles is 1. The second-order valence-corrected chi connectivity index (χ2v) is 9.39. The van der Waals surface area contributed by atoms with E-state index in [4.69, 9.17) is 4.74 Å². The van der Waals surface area contributed by atoms with E-state index in [-0.39, 0.29) is 29.9 Å². The van der Waals surface area contributed by atoms with Crippen LogP contribution in [0, 0.1) is 16.9 Å². The maximum atomic E-state index is 13.6. The van der Waals surface area contributed by atoms with Crippen molar-refractivity contribution in [1.82, 2.24) is 10.2 Å². The van der Waals surface area contributed by atoms with Gasteiger partial charge in [0.25, 0.3) is 0 Å². The zero-order valence-electron chi connectivity index (χ0n) is 21.0. The van der Waals surface area contributed by atoms with Gasteiger partial charge in [-0.25, -0.2) is 4.90 Å². The van der Waals surface area contributed by atoms with Crippen molar-refractivity contribution in [2.24, 2.45) is 10.4 Å². The van der Waals surface area contributed by atoms with Crippen molar-refractivity contribution < 1.29 is 27.8 Å². The first kappa shape index (κ1) is 28.5. The minimum Gasteiger partial charge on any atom is -0.496 e. The van der Waals surface area contributed by atoms with E-state index in [0.29, 0.717) is 35.5 Å². The number of alkyl halides is 3. The van der Waals surface area contributed by atoms with Crippen LogP contribution in [0.5, 0.6) is 5.75 Å². The summed E-state index contributed by atoms with van der Waals surface area (Å²) in [6.45, 7) is 8.44. The van der Waals surface area contributed by atoms with E-state index in [1.807, 2.05) is 33.9 Å². The predicted molar refractivity (Wildman–Crippen MR) is 131 cm³/mol. The Morgan fingerprint density at radius 3 is 2.39 bits per heavy atom. The quantitative estimate of drug-likeness (QED) is 0.219. The molecule has 2 aromatic rings. The number of carboxylic acid groups (broad SMARTS) is 1. The summed E-state index contributed by atoms with van der Waals surface area (Å²) in [5, 5.41) is 22.1. The molecule has 0 atom stereocenters. The first-order valence-electron chi connectivity index (χ1n) is 11.3. The predicted octanol–water partition coefficient (Wildman–Crippen LogP) is 5.30. The Bertz CT molecular complexity index is 1150. The number of halogens is 3. The molecule has 0 amide bonds. The molecule has 194 valence electrons. The van der Waals surface area contributed by atoms with Crippen LogP contribution in [0.3, 0.4) is 0 Å². The highest BCUT2D eigenvalue weighted by Crippen LogP contribution is 2.38. The number of aliphatic imine (C=N–C) groups is 1. The number of aliphatic carboxylic acids is 1. The molecule has 0 unspecified atom stereocenters. The van der Waals surface area contributed by atoms with Crippen molar-refractivity contribution in [2.75, 3.05) is 20.2 Å². The molecular weight excluding hydrogens is 473 g/mol. The number of benzene rings is 2. The smallest absolute Gasteiger partial charge is 0.416 e. The van der Waals surface area contributed by atoms with E-state index in [9.17, 15) is 28.3 Å². The molecule has 0 saturated heterocycles. The Hall–Kier alpha value is -3.74. The zero-order valence-corrected chi connectivity index (χ0v) is 21.0. The lowest BCUT2D eigenvalue weighted by Gasteiger charge is -2.23. The van der Waals surface area contributed by atoms with Gasteiger partial charge < -0.3 is 15.2 Å². The molecule has 0 aliphatic rings. The molecule has 0 aliphatic heterocycles. The summed E-state index contributed by atoms with van der Waals surface area (Å²) in [4.78, 5) is 16.9. The van der Waals surface area contributed by atoms with Gasteiger partial charge in [-0.3, -0.25) is 9.79 Å². The summed E-state index contributed by atoms with van der Waals surface area (Å²) in [6.07, 6.45) is -2.83. The third-order valence-corrected chi connectivity index (χ3v) is 5.08. The number of hydrogen-bond acceptors (Lipinski definition) is 4. The van der Waals surface area contributed by atoms with Crippen LogP contribution in [-0.4, -0.2) is 42.1 Å². The van der Waals surface area contributed by atoms with E-state index < -0.39 is 17.7 Å². The lowest BCUT2D eigenvalue weighted by molar-refractivity contribution is -0.138. The Morgan fingerprint density at radius 1 is 1.17 bits per heavy atom. The maximum absolute atomic E-state index is 13.6. The standard InChI is InChI=1S/C26H31F3N4O3/c1-6-31-24(32-15-25(2,3)4)33(16-30)14-18-13-19(26(27,28)29)8-9-20(18)21-11-17(12-23(34)35)7-10-22(21)36-5/h7-11,13H,6,12,14-15H2,1-5H3,(H,31,32)(H,34,35). The molecule has 0 aromatic heterocycles. The summed E-state index contributed by atoms with van der Waals surface area (Å²) >= 11 is 0. The molecule has 0 heterocycles. The highest BCUT2D eigenvalue weighted by atomic mass is 19.4. The van der Waals surface area contributed by atoms with Gasteiger partial charge in [0, 0.05) is 18.7 Å². The molecule has 0 aliphatic carbocycles. The number of ether oxygens (including phenoxy) is 1. The second-order valence-electron chi connectivity index (χ2n) is 9.39. The molecule has 0 bridgehead atoms. The molecular formula is C26H31F3N4O3.